The molecule has 1 aromatic rings. The topological polar surface area (TPSA) is 87.5 Å². The summed E-state index contributed by atoms with van der Waals surface area (Å²) in [5.74, 6) is 0.727. The third-order valence-corrected chi connectivity index (χ3v) is 1.95. The molecule has 15 heavy (non-hydrogen) atoms. The highest BCUT2D eigenvalue weighted by atomic mass is 16.5. The maximum absolute atomic E-state index is 9.06. The van der Waals surface area contributed by atoms with Gasteiger partial charge in [-0.1, -0.05) is 0 Å². The highest BCUT2D eigenvalue weighted by molar-refractivity contribution is 5.31. The van der Waals surface area contributed by atoms with E-state index >= 15 is 0 Å². The molecule has 6 nitrogen and oxygen atoms in total. The monoisotopic (exact) mass is 213 g/mol. The Labute approximate surface area is 87.9 Å². The molecule has 0 spiro atoms. The van der Waals surface area contributed by atoms with Gasteiger partial charge >= 0.3 is 0 Å². The third kappa shape index (κ3) is 3.03. The van der Waals surface area contributed by atoms with Crippen molar-refractivity contribution in [3.05, 3.63) is 12.3 Å². The van der Waals surface area contributed by atoms with Crippen LogP contribution in [0.5, 0.6) is 5.88 Å². The first-order chi connectivity index (χ1) is 7.13. The molecular formula is C9H15N3O3. The number of hydrogen-bond donors (Lipinski definition) is 3. The van der Waals surface area contributed by atoms with Crippen molar-refractivity contribution in [3.63, 3.8) is 0 Å². The lowest BCUT2D eigenvalue weighted by Gasteiger charge is -2.25. The van der Waals surface area contributed by atoms with Crippen molar-refractivity contribution in [1.82, 2.24) is 9.97 Å². The van der Waals surface area contributed by atoms with Crippen LogP contribution < -0.4 is 10.1 Å². The highest BCUT2D eigenvalue weighted by Crippen LogP contribution is 2.12. The van der Waals surface area contributed by atoms with Crippen LogP contribution in [0.2, 0.25) is 0 Å². The molecule has 0 saturated carbocycles. The summed E-state index contributed by atoms with van der Waals surface area (Å²) in [5, 5.41) is 21.0. The lowest BCUT2D eigenvalue weighted by Crippen LogP contribution is -2.43. The molecule has 0 aliphatic carbocycles. The SMILES string of the molecule is COc1ccnc(NC(C)(CO)CO)n1. The Kier molecular flexibility index (Phi) is 3.81. The fraction of sp³-hybridized carbons (Fsp3) is 0.556. The molecule has 0 bridgehead atoms. The third-order valence-electron chi connectivity index (χ3n) is 1.95. The zero-order valence-corrected chi connectivity index (χ0v) is 8.77. The number of nitrogens with one attached hydrogen (secondary N) is 1. The van der Waals surface area contributed by atoms with Crippen molar-refractivity contribution in [1.29, 1.82) is 0 Å². The number of aliphatic hydroxyl groups is 2. The maximum atomic E-state index is 9.06. The molecule has 1 aromatic heterocycles. The molecule has 3 N–H and O–H groups in total. The molecule has 84 valence electrons. The molecule has 0 unspecified atom stereocenters. The fourth-order valence-corrected chi connectivity index (χ4v) is 0.915. The van der Waals surface area contributed by atoms with Gasteiger partial charge < -0.3 is 20.3 Å². The van der Waals surface area contributed by atoms with Crippen molar-refractivity contribution < 1.29 is 14.9 Å². The summed E-state index contributed by atoms with van der Waals surface area (Å²) >= 11 is 0. The average molecular weight is 213 g/mol. The molecule has 1 heterocycles. The minimum absolute atomic E-state index is 0.218. The Balaban J connectivity index is 2.79. The van der Waals surface area contributed by atoms with Crippen LogP contribution in [-0.2, 0) is 0 Å². The summed E-state index contributed by atoms with van der Waals surface area (Å²) in [6.07, 6.45) is 1.53. The van der Waals surface area contributed by atoms with Gasteiger partial charge in [0.1, 0.15) is 0 Å². The summed E-state index contributed by atoms with van der Waals surface area (Å²) in [7, 11) is 1.50. The Morgan fingerprint density at radius 2 is 2.13 bits per heavy atom. The summed E-state index contributed by atoms with van der Waals surface area (Å²) in [6.45, 7) is 1.23. The zero-order chi connectivity index (χ0) is 11.3. The Morgan fingerprint density at radius 1 is 1.47 bits per heavy atom. The van der Waals surface area contributed by atoms with Crippen LogP contribution >= 0.6 is 0 Å². The van der Waals surface area contributed by atoms with E-state index in [0.717, 1.165) is 0 Å². The first kappa shape index (κ1) is 11.7. The van der Waals surface area contributed by atoms with Crippen LogP contribution in [0.1, 0.15) is 6.92 Å². The van der Waals surface area contributed by atoms with Crippen LogP contribution in [-0.4, -0.2) is 46.0 Å². The number of methoxy groups -OCH3 is 1. The number of anilines is 1. The van der Waals surface area contributed by atoms with Gasteiger partial charge in [0, 0.05) is 12.3 Å². The van der Waals surface area contributed by atoms with Crippen molar-refractivity contribution in [2.24, 2.45) is 0 Å². The normalized spacial score (nSPS) is 11.2. The van der Waals surface area contributed by atoms with E-state index in [0.29, 0.717) is 11.8 Å². The predicted molar refractivity (Wildman–Crippen MR) is 54.8 cm³/mol. The lowest BCUT2D eigenvalue weighted by atomic mass is 10.1. The van der Waals surface area contributed by atoms with Gasteiger partial charge in [0.15, 0.2) is 0 Å². The minimum Gasteiger partial charge on any atom is -0.481 e. The smallest absolute Gasteiger partial charge is 0.226 e. The molecule has 0 aliphatic rings. The van der Waals surface area contributed by atoms with E-state index in [1.165, 1.54) is 13.3 Å². The second-order valence-corrected chi connectivity index (χ2v) is 3.42. The van der Waals surface area contributed by atoms with Crippen LogP contribution in [0.25, 0.3) is 0 Å². The Bertz CT molecular complexity index is 315. The molecule has 0 atom stereocenters. The van der Waals surface area contributed by atoms with Gasteiger partial charge in [0.05, 0.1) is 25.9 Å². The van der Waals surface area contributed by atoms with E-state index in [1.807, 2.05) is 0 Å². The van der Waals surface area contributed by atoms with E-state index in [1.54, 1.807) is 13.0 Å². The molecule has 0 fully saturated rings. The summed E-state index contributed by atoms with van der Waals surface area (Å²) in [5.41, 5.74) is -0.841. The Morgan fingerprint density at radius 3 is 2.67 bits per heavy atom. The number of aromatic nitrogens is 2. The average Bonchev–Trinajstić information content (AvgIpc) is 2.29. The molecule has 0 saturated heterocycles. The number of rotatable bonds is 5. The number of hydrogen-bond acceptors (Lipinski definition) is 6. The second-order valence-electron chi connectivity index (χ2n) is 3.42. The van der Waals surface area contributed by atoms with Crippen molar-refractivity contribution >= 4 is 5.95 Å². The number of aliphatic hydroxyl groups excluding tert-OH is 2. The molecule has 0 aromatic carbocycles. The van der Waals surface area contributed by atoms with E-state index in [-0.39, 0.29) is 13.2 Å². The van der Waals surface area contributed by atoms with E-state index in [4.69, 9.17) is 14.9 Å². The minimum atomic E-state index is -0.841. The first-order valence-corrected chi connectivity index (χ1v) is 4.50. The number of ether oxygens (including phenoxy) is 1. The predicted octanol–water partition coefficient (Wildman–Crippen LogP) is -0.360. The molecule has 0 amide bonds. The standard InChI is InChI=1S/C9H15N3O3/c1-9(5-13,6-14)12-8-10-4-3-7(11-8)15-2/h3-4,13-14H,5-6H2,1-2H3,(H,10,11,12). The van der Waals surface area contributed by atoms with Crippen LogP contribution in [0.4, 0.5) is 5.95 Å². The van der Waals surface area contributed by atoms with E-state index in [9.17, 15) is 0 Å². The van der Waals surface area contributed by atoms with Gasteiger partial charge in [0.2, 0.25) is 11.8 Å². The first-order valence-electron chi connectivity index (χ1n) is 4.50. The summed E-state index contributed by atoms with van der Waals surface area (Å²) in [4.78, 5) is 7.95. The van der Waals surface area contributed by atoms with Gasteiger partial charge in [-0.25, -0.2) is 4.98 Å². The summed E-state index contributed by atoms with van der Waals surface area (Å²) < 4.78 is 4.92. The molecule has 0 aliphatic heterocycles. The van der Waals surface area contributed by atoms with Crippen molar-refractivity contribution in [2.45, 2.75) is 12.5 Å². The second kappa shape index (κ2) is 4.90. The summed E-state index contributed by atoms with van der Waals surface area (Å²) in [6, 6.07) is 1.61. The molecular weight excluding hydrogens is 198 g/mol. The van der Waals surface area contributed by atoms with Gasteiger partial charge in [-0.05, 0) is 6.92 Å². The highest BCUT2D eigenvalue weighted by Gasteiger charge is 2.23. The van der Waals surface area contributed by atoms with Crippen LogP contribution in [0.15, 0.2) is 12.3 Å². The quantitative estimate of drug-likeness (QED) is 0.619. The van der Waals surface area contributed by atoms with Crippen molar-refractivity contribution in [2.75, 3.05) is 25.6 Å². The largest absolute Gasteiger partial charge is 0.481 e. The molecule has 0 radical (unpaired) electrons. The van der Waals surface area contributed by atoms with Crippen molar-refractivity contribution in [3.8, 4) is 5.88 Å². The lowest BCUT2D eigenvalue weighted by molar-refractivity contribution is 0.147. The number of nitrogens with zero attached hydrogens (tertiary/aromatic N) is 2. The van der Waals surface area contributed by atoms with Gasteiger partial charge in [-0.15, -0.1) is 0 Å². The van der Waals surface area contributed by atoms with Crippen LogP contribution in [0, 0.1) is 0 Å². The Hall–Kier alpha value is -1.40. The van der Waals surface area contributed by atoms with E-state index in [2.05, 4.69) is 15.3 Å². The van der Waals surface area contributed by atoms with Gasteiger partial charge in [0.25, 0.3) is 0 Å². The van der Waals surface area contributed by atoms with Gasteiger partial charge in [-0.2, -0.15) is 4.98 Å². The van der Waals surface area contributed by atoms with Gasteiger partial charge in [-0.3, -0.25) is 0 Å². The molecule has 6 heteroatoms. The zero-order valence-electron chi connectivity index (χ0n) is 8.77. The van der Waals surface area contributed by atoms with Crippen LogP contribution in [0.3, 0.4) is 0 Å². The van der Waals surface area contributed by atoms with E-state index < -0.39 is 5.54 Å². The molecule has 1 rings (SSSR count). The fourth-order valence-electron chi connectivity index (χ4n) is 0.915. The maximum Gasteiger partial charge on any atom is 0.226 e.